The summed E-state index contributed by atoms with van der Waals surface area (Å²) in [6.45, 7) is 4.69. The third-order valence-corrected chi connectivity index (χ3v) is 2.89. The minimum Gasteiger partial charge on any atom is -0.343 e. The molecule has 5 N–H and O–H groups in total. The van der Waals surface area contributed by atoms with Crippen LogP contribution in [-0.2, 0) is 18.8 Å². The number of hydrogen-bond donors (Lipinski definition) is 4. The lowest BCUT2D eigenvalue weighted by Gasteiger charge is -2.20. The number of amides is 2. The number of carbonyl (C=O) groups is 2. The van der Waals surface area contributed by atoms with Crippen LogP contribution in [0.15, 0.2) is 0 Å². The highest BCUT2D eigenvalue weighted by Gasteiger charge is 2.24. The van der Waals surface area contributed by atoms with Crippen molar-refractivity contribution in [3.8, 4) is 0 Å². The van der Waals surface area contributed by atoms with Crippen LogP contribution in [0.5, 0.6) is 0 Å². The fraction of sp³-hybridized carbons (Fsp3) is 0.818. The minimum absolute atomic E-state index is 0.374. The molecule has 0 aliphatic carbocycles. The molecule has 118 valence electrons. The molecule has 0 aliphatic rings. The van der Waals surface area contributed by atoms with E-state index in [4.69, 9.17) is 10.6 Å². The summed E-state index contributed by atoms with van der Waals surface area (Å²) in [5.41, 5.74) is 7.53. The Morgan fingerprint density at radius 1 is 1.25 bits per heavy atom. The maximum absolute atomic E-state index is 11.8. The van der Waals surface area contributed by atoms with Crippen molar-refractivity contribution in [1.29, 1.82) is 0 Å². The molecule has 8 nitrogen and oxygen atoms in total. The molecule has 0 radical (unpaired) electrons. The molecule has 3 atom stereocenters. The van der Waals surface area contributed by atoms with E-state index in [-0.39, 0.29) is 0 Å². The quantitative estimate of drug-likeness (QED) is 0.357. The fourth-order valence-corrected chi connectivity index (χ4v) is 1.74. The zero-order chi connectivity index (χ0) is 15.8. The third kappa shape index (κ3) is 8.27. The molecule has 0 fully saturated rings. The highest BCUT2D eigenvalue weighted by atomic mass is 31.2. The van der Waals surface area contributed by atoms with Gasteiger partial charge in [-0.15, -0.1) is 0 Å². The van der Waals surface area contributed by atoms with Gasteiger partial charge in [-0.2, -0.15) is 4.62 Å². The van der Waals surface area contributed by atoms with E-state index in [0.717, 1.165) is 13.1 Å². The number of nitrogens with two attached hydrogens (primary N) is 1. The lowest BCUT2D eigenvalue weighted by Crippen LogP contribution is -2.51. The van der Waals surface area contributed by atoms with Crippen LogP contribution >= 0.6 is 7.60 Å². The zero-order valence-electron chi connectivity index (χ0n) is 12.1. The molecule has 0 rings (SSSR count). The molecule has 0 aromatic heterocycles. The highest BCUT2D eigenvalue weighted by Crippen LogP contribution is 2.34. The summed E-state index contributed by atoms with van der Waals surface area (Å²) in [5, 5.41) is 2.51. The number of carbonyl (C=O) groups excluding carboxylic acids is 2. The molecule has 0 heterocycles. The molecule has 0 aliphatic heterocycles. The van der Waals surface area contributed by atoms with Crippen molar-refractivity contribution < 1.29 is 23.7 Å². The molecule has 2 amide bonds. The number of nitrogens with one attached hydrogen (secondary N) is 2. The fourth-order valence-electron chi connectivity index (χ4n) is 1.48. The van der Waals surface area contributed by atoms with Gasteiger partial charge in [0, 0.05) is 6.66 Å². The summed E-state index contributed by atoms with van der Waals surface area (Å²) < 4.78 is 15.3. The van der Waals surface area contributed by atoms with Gasteiger partial charge in [-0.1, -0.05) is 26.7 Å². The number of rotatable bonds is 9. The minimum atomic E-state index is -3.81. The Kier molecular flexibility index (Phi) is 8.64. The van der Waals surface area contributed by atoms with Crippen LogP contribution in [0.1, 0.15) is 39.5 Å². The second kappa shape index (κ2) is 9.07. The first-order valence-electron chi connectivity index (χ1n) is 6.55. The van der Waals surface area contributed by atoms with Gasteiger partial charge >= 0.3 is 7.60 Å². The van der Waals surface area contributed by atoms with Gasteiger partial charge in [0.15, 0.2) is 0 Å². The molecule has 0 spiro atoms. The van der Waals surface area contributed by atoms with Crippen molar-refractivity contribution in [3.05, 3.63) is 0 Å². The largest absolute Gasteiger partial charge is 0.346 e. The van der Waals surface area contributed by atoms with Gasteiger partial charge in [-0.3, -0.25) is 14.2 Å². The van der Waals surface area contributed by atoms with E-state index in [1.165, 1.54) is 0 Å². The monoisotopic (exact) mass is 309 g/mol. The Balaban J connectivity index is 4.51. The average molecular weight is 309 g/mol. The summed E-state index contributed by atoms with van der Waals surface area (Å²) >= 11 is 0. The zero-order valence-corrected chi connectivity index (χ0v) is 13.0. The SMILES string of the molecule is CCC[C@H](NC(=O)[C@@H](N)CCC)C(=O)NOP(C)(=O)O. The predicted octanol–water partition coefficient (Wildman–Crippen LogP) is 0.262. The van der Waals surface area contributed by atoms with Crippen molar-refractivity contribution in [2.24, 2.45) is 5.73 Å². The molecule has 0 saturated heterocycles. The van der Waals surface area contributed by atoms with Gasteiger partial charge in [0.2, 0.25) is 5.91 Å². The van der Waals surface area contributed by atoms with Gasteiger partial charge in [0.25, 0.3) is 5.91 Å². The van der Waals surface area contributed by atoms with Crippen LogP contribution < -0.4 is 16.5 Å². The molecule has 0 saturated carbocycles. The molecule has 0 bridgehead atoms. The Bertz CT molecular complexity index is 371. The second-order valence-electron chi connectivity index (χ2n) is 4.61. The number of hydroxylamine groups is 1. The Morgan fingerprint density at radius 3 is 2.25 bits per heavy atom. The molecule has 0 aromatic carbocycles. The van der Waals surface area contributed by atoms with E-state index in [2.05, 4.69) is 9.94 Å². The topological polar surface area (TPSA) is 131 Å². The lowest BCUT2D eigenvalue weighted by atomic mass is 10.1. The van der Waals surface area contributed by atoms with Gasteiger partial charge in [-0.05, 0) is 12.8 Å². The van der Waals surface area contributed by atoms with Crippen molar-refractivity contribution in [2.75, 3.05) is 6.66 Å². The van der Waals surface area contributed by atoms with E-state index < -0.39 is 31.5 Å². The van der Waals surface area contributed by atoms with Crippen LogP contribution in [0.2, 0.25) is 0 Å². The first-order chi connectivity index (χ1) is 9.21. The normalized spacial score (nSPS) is 16.9. The van der Waals surface area contributed by atoms with Crippen LogP contribution in [0.4, 0.5) is 0 Å². The molecule has 1 unspecified atom stereocenters. The first-order valence-corrected chi connectivity index (χ1v) is 8.58. The van der Waals surface area contributed by atoms with Crippen LogP contribution in [0.25, 0.3) is 0 Å². The van der Waals surface area contributed by atoms with Gasteiger partial charge in [-0.25, -0.2) is 5.48 Å². The van der Waals surface area contributed by atoms with Gasteiger partial charge in [0.1, 0.15) is 6.04 Å². The number of hydrogen-bond acceptors (Lipinski definition) is 5. The average Bonchev–Trinajstić information content (AvgIpc) is 2.34. The molecule has 0 aromatic rings. The van der Waals surface area contributed by atoms with Crippen molar-refractivity contribution in [2.45, 2.75) is 51.6 Å². The van der Waals surface area contributed by atoms with E-state index in [1.54, 1.807) is 0 Å². The van der Waals surface area contributed by atoms with Crippen LogP contribution in [-0.4, -0.2) is 35.5 Å². The summed E-state index contributed by atoms with van der Waals surface area (Å²) in [5.74, 6) is -1.11. The lowest BCUT2D eigenvalue weighted by molar-refractivity contribution is -0.134. The Hall–Kier alpha value is -0.950. The van der Waals surface area contributed by atoms with Crippen molar-refractivity contribution >= 4 is 19.4 Å². The summed E-state index contributed by atoms with van der Waals surface area (Å²) in [4.78, 5) is 32.5. The van der Waals surface area contributed by atoms with E-state index >= 15 is 0 Å². The summed E-state index contributed by atoms with van der Waals surface area (Å²) in [7, 11) is -3.81. The van der Waals surface area contributed by atoms with Crippen molar-refractivity contribution in [3.63, 3.8) is 0 Å². The maximum atomic E-state index is 11.8. The predicted molar refractivity (Wildman–Crippen MR) is 74.7 cm³/mol. The summed E-state index contributed by atoms with van der Waals surface area (Å²) in [6, 6.07) is -1.52. The van der Waals surface area contributed by atoms with E-state index in [0.29, 0.717) is 19.3 Å². The van der Waals surface area contributed by atoms with Crippen molar-refractivity contribution in [1.82, 2.24) is 10.8 Å². The second-order valence-corrected chi connectivity index (χ2v) is 6.39. The van der Waals surface area contributed by atoms with E-state index in [9.17, 15) is 14.2 Å². The Morgan fingerprint density at radius 2 is 1.80 bits per heavy atom. The Labute approximate surface area is 118 Å². The maximum Gasteiger partial charge on any atom is 0.346 e. The molecular formula is C11H24N3O5P. The van der Waals surface area contributed by atoms with Crippen LogP contribution in [0, 0.1) is 0 Å². The van der Waals surface area contributed by atoms with Crippen LogP contribution in [0.3, 0.4) is 0 Å². The standard InChI is InChI=1S/C11H24N3O5P/c1-4-6-8(12)10(15)13-9(7-5-2)11(16)14-19-20(3,17)18/h8-9H,4-7,12H2,1-3H3,(H,13,15)(H,14,16)(H,17,18)/t8-,9-/m0/s1. The van der Waals surface area contributed by atoms with Gasteiger partial charge < -0.3 is 15.9 Å². The smallest absolute Gasteiger partial charge is 0.343 e. The molecule has 20 heavy (non-hydrogen) atoms. The molecule has 9 heteroatoms. The third-order valence-electron chi connectivity index (χ3n) is 2.46. The first kappa shape index (κ1) is 19.1. The molecular weight excluding hydrogens is 285 g/mol. The van der Waals surface area contributed by atoms with Gasteiger partial charge in [0.05, 0.1) is 6.04 Å². The van der Waals surface area contributed by atoms with E-state index in [1.807, 2.05) is 19.3 Å². The summed E-state index contributed by atoms with van der Waals surface area (Å²) in [6.07, 6.45) is 2.29. The highest BCUT2D eigenvalue weighted by molar-refractivity contribution is 7.51.